The number of imidazole rings is 1. The number of aromatic nitrogens is 2. The third-order valence-electron chi connectivity index (χ3n) is 4.01. The highest BCUT2D eigenvalue weighted by molar-refractivity contribution is 4.97. The SMILES string of the molecule is CCn1cncc1CNCC1CCC(C)CC1. The average Bonchev–Trinajstić information content (AvgIpc) is 2.79. The molecule has 17 heavy (non-hydrogen) atoms. The summed E-state index contributed by atoms with van der Waals surface area (Å²) in [6, 6.07) is 0. The van der Waals surface area contributed by atoms with Crippen LogP contribution in [0, 0.1) is 11.8 Å². The Balaban J connectivity index is 1.69. The van der Waals surface area contributed by atoms with Crippen LogP contribution in [0.2, 0.25) is 0 Å². The van der Waals surface area contributed by atoms with Crippen LogP contribution in [0.15, 0.2) is 12.5 Å². The van der Waals surface area contributed by atoms with Gasteiger partial charge in [0, 0.05) is 19.3 Å². The third kappa shape index (κ3) is 3.56. The molecule has 0 amide bonds. The van der Waals surface area contributed by atoms with Crippen molar-refractivity contribution in [2.24, 2.45) is 11.8 Å². The minimum absolute atomic E-state index is 0.893. The molecule has 2 rings (SSSR count). The molecule has 1 fully saturated rings. The Hall–Kier alpha value is -0.830. The summed E-state index contributed by atoms with van der Waals surface area (Å²) >= 11 is 0. The first-order valence-corrected chi connectivity index (χ1v) is 6.99. The van der Waals surface area contributed by atoms with Crippen molar-refractivity contribution in [2.75, 3.05) is 6.54 Å². The third-order valence-corrected chi connectivity index (χ3v) is 4.01. The highest BCUT2D eigenvalue weighted by atomic mass is 15.1. The van der Waals surface area contributed by atoms with Gasteiger partial charge in [0.1, 0.15) is 0 Å². The van der Waals surface area contributed by atoms with E-state index >= 15 is 0 Å². The van der Waals surface area contributed by atoms with Crippen molar-refractivity contribution in [2.45, 2.75) is 52.6 Å². The minimum Gasteiger partial charge on any atom is -0.334 e. The highest BCUT2D eigenvalue weighted by Gasteiger charge is 2.17. The van der Waals surface area contributed by atoms with Crippen molar-refractivity contribution in [1.82, 2.24) is 14.9 Å². The van der Waals surface area contributed by atoms with Gasteiger partial charge in [0.25, 0.3) is 0 Å². The molecule has 1 heterocycles. The molecule has 0 spiro atoms. The van der Waals surface area contributed by atoms with Gasteiger partial charge in [-0.25, -0.2) is 4.98 Å². The van der Waals surface area contributed by atoms with Gasteiger partial charge in [-0.3, -0.25) is 0 Å². The van der Waals surface area contributed by atoms with Gasteiger partial charge in [-0.15, -0.1) is 0 Å². The molecule has 0 radical (unpaired) electrons. The summed E-state index contributed by atoms with van der Waals surface area (Å²) in [5.74, 6) is 1.84. The summed E-state index contributed by atoms with van der Waals surface area (Å²) < 4.78 is 2.20. The van der Waals surface area contributed by atoms with E-state index in [1.54, 1.807) is 0 Å². The van der Waals surface area contributed by atoms with Gasteiger partial charge in [-0.05, 0) is 38.1 Å². The lowest BCUT2D eigenvalue weighted by Gasteiger charge is -2.26. The van der Waals surface area contributed by atoms with Gasteiger partial charge in [0.2, 0.25) is 0 Å². The van der Waals surface area contributed by atoms with Crippen molar-refractivity contribution < 1.29 is 0 Å². The van der Waals surface area contributed by atoms with E-state index in [0.717, 1.165) is 24.9 Å². The quantitative estimate of drug-likeness (QED) is 0.850. The second-order valence-electron chi connectivity index (χ2n) is 5.43. The normalized spacial score (nSPS) is 25.1. The Morgan fingerprint density at radius 1 is 1.35 bits per heavy atom. The maximum absolute atomic E-state index is 4.19. The van der Waals surface area contributed by atoms with Crippen molar-refractivity contribution in [3.63, 3.8) is 0 Å². The summed E-state index contributed by atoms with van der Waals surface area (Å²) in [7, 11) is 0. The molecule has 0 unspecified atom stereocenters. The summed E-state index contributed by atoms with van der Waals surface area (Å²) in [4.78, 5) is 4.19. The van der Waals surface area contributed by atoms with E-state index in [1.165, 1.54) is 37.9 Å². The molecule has 3 heteroatoms. The zero-order valence-electron chi connectivity index (χ0n) is 11.2. The predicted octanol–water partition coefficient (Wildman–Crippen LogP) is 2.82. The first kappa shape index (κ1) is 12.6. The molecule has 1 aliphatic carbocycles. The summed E-state index contributed by atoms with van der Waals surface area (Å²) in [5.41, 5.74) is 1.30. The summed E-state index contributed by atoms with van der Waals surface area (Å²) in [6.07, 6.45) is 9.53. The molecule has 0 saturated heterocycles. The Kier molecular flexibility index (Phi) is 4.60. The Labute approximate surface area is 105 Å². The second-order valence-corrected chi connectivity index (χ2v) is 5.43. The minimum atomic E-state index is 0.893. The fourth-order valence-corrected chi connectivity index (χ4v) is 2.72. The molecule has 96 valence electrons. The Morgan fingerprint density at radius 2 is 2.12 bits per heavy atom. The molecule has 3 nitrogen and oxygen atoms in total. The van der Waals surface area contributed by atoms with Crippen LogP contribution in [0.3, 0.4) is 0 Å². The molecule has 0 aliphatic heterocycles. The first-order chi connectivity index (χ1) is 8.29. The van der Waals surface area contributed by atoms with E-state index in [2.05, 4.69) is 28.7 Å². The predicted molar refractivity (Wildman–Crippen MR) is 70.7 cm³/mol. The molecular formula is C14H25N3. The second kappa shape index (κ2) is 6.20. The van der Waals surface area contributed by atoms with Gasteiger partial charge in [0.05, 0.1) is 12.0 Å². The van der Waals surface area contributed by atoms with Gasteiger partial charge in [-0.1, -0.05) is 19.8 Å². The molecule has 0 atom stereocenters. The smallest absolute Gasteiger partial charge is 0.0948 e. The number of rotatable bonds is 5. The Morgan fingerprint density at radius 3 is 2.82 bits per heavy atom. The molecule has 1 aromatic rings. The average molecular weight is 235 g/mol. The molecule has 0 bridgehead atoms. The Bertz CT molecular complexity index is 324. The summed E-state index contributed by atoms with van der Waals surface area (Å²) in [6.45, 7) is 7.68. The fraction of sp³-hybridized carbons (Fsp3) is 0.786. The number of hydrogen-bond donors (Lipinski definition) is 1. The maximum Gasteiger partial charge on any atom is 0.0948 e. The maximum atomic E-state index is 4.19. The molecule has 1 aliphatic rings. The van der Waals surface area contributed by atoms with E-state index in [1.807, 2.05) is 12.5 Å². The number of nitrogens with one attached hydrogen (secondary N) is 1. The van der Waals surface area contributed by atoms with Crippen LogP contribution in [-0.4, -0.2) is 16.1 Å². The number of nitrogens with zero attached hydrogens (tertiary/aromatic N) is 2. The van der Waals surface area contributed by atoms with E-state index in [9.17, 15) is 0 Å². The largest absolute Gasteiger partial charge is 0.334 e. The molecule has 0 aromatic carbocycles. The van der Waals surface area contributed by atoms with Crippen molar-refractivity contribution in [1.29, 1.82) is 0 Å². The zero-order chi connectivity index (χ0) is 12.1. The van der Waals surface area contributed by atoms with Crippen molar-refractivity contribution >= 4 is 0 Å². The number of aryl methyl sites for hydroxylation is 1. The lowest BCUT2D eigenvalue weighted by Crippen LogP contribution is -2.26. The van der Waals surface area contributed by atoms with Crippen molar-refractivity contribution in [3.05, 3.63) is 18.2 Å². The van der Waals surface area contributed by atoms with E-state index < -0.39 is 0 Å². The first-order valence-electron chi connectivity index (χ1n) is 6.99. The molecule has 1 aromatic heterocycles. The van der Waals surface area contributed by atoms with Crippen LogP contribution < -0.4 is 5.32 Å². The topological polar surface area (TPSA) is 29.9 Å². The van der Waals surface area contributed by atoms with Crippen LogP contribution in [-0.2, 0) is 13.1 Å². The zero-order valence-corrected chi connectivity index (χ0v) is 11.2. The highest BCUT2D eigenvalue weighted by Crippen LogP contribution is 2.27. The van der Waals surface area contributed by atoms with Crippen LogP contribution in [0.4, 0.5) is 0 Å². The number of hydrogen-bond acceptors (Lipinski definition) is 2. The molecular weight excluding hydrogens is 210 g/mol. The van der Waals surface area contributed by atoms with Gasteiger partial charge >= 0.3 is 0 Å². The molecule has 1 N–H and O–H groups in total. The van der Waals surface area contributed by atoms with Crippen LogP contribution in [0.1, 0.15) is 45.2 Å². The van der Waals surface area contributed by atoms with Crippen LogP contribution >= 0.6 is 0 Å². The standard InChI is InChI=1S/C14H25N3/c1-3-17-11-16-10-14(17)9-15-8-13-6-4-12(2)5-7-13/h10-13,15H,3-9H2,1-2H3. The lowest BCUT2D eigenvalue weighted by molar-refractivity contribution is 0.281. The van der Waals surface area contributed by atoms with Crippen LogP contribution in [0.5, 0.6) is 0 Å². The van der Waals surface area contributed by atoms with Crippen LogP contribution in [0.25, 0.3) is 0 Å². The van der Waals surface area contributed by atoms with Crippen molar-refractivity contribution in [3.8, 4) is 0 Å². The van der Waals surface area contributed by atoms with E-state index in [0.29, 0.717) is 0 Å². The van der Waals surface area contributed by atoms with Gasteiger partial charge < -0.3 is 9.88 Å². The lowest BCUT2D eigenvalue weighted by atomic mass is 9.83. The van der Waals surface area contributed by atoms with E-state index in [4.69, 9.17) is 0 Å². The molecule has 1 saturated carbocycles. The summed E-state index contributed by atoms with van der Waals surface area (Å²) in [5, 5.41) is 3.59. The van der Waals surface area contributed by atoms with Gasteiger partial charge in [-0.2, -0.15) is 0 Å². The van der Waals surface area contributed by atoms with Gasteiger partial charge in [0.15, 0.2) is 0 Å². The van der Waals surface area contributed by atoms with E-state index in [-0.39, 0.29) is 0 Å². The monoisotopic (exact) mass is 235 g/mol. The fourth-order valence-electron chi connectivity index (χ4n) is 2.72.